The van der Waals surface area contributed by atoms with Crippen LogP contribution in [0.4, 0.5) is 5.69 Å². The molecule has 0 saturated carbocycles. The number of rotatable bonds is 5. The first kappa shape index (κ1) is 20.2. The Hall–Kier alpha value is -3.06. The zero-order valence-electron chi connectivity index (χ0n) is 17.0. The molecule has 1 fully saturated rings. The molecule has 1 aliphatic heterocycles. The van der Waals surface area contributed by atoms with Crippen molar-refractivity contribution in [3.63, 3.8) is 0 Å². The minimum Gasteiger partial charge on any atom is -0.489 e. The molecule has 0 bridgehead atoms. The lowest BCUT2D eigenvalue weighted by atomic mass is 10.2. The predicted molar refractivity (Wildman–Crippen MR) is 118 cm³/mol. The lowest BCUT2D eigenvalue weighted by Crippen LogP contribution is -2.39. The van der Waals surface area contributed by atoms with Crippen molar-refractivity contribution in [1.29, 1.82) is 0 Å². The molecular weight excluding hydrogens is 398 g/mol. The summed E-state index contributed by atoms with van der Waals surface area (Å²) in [4.78, 5) is 19.7. The van der Waals surface area contributed by atoms with Crippen LogP contribution in [0.25, 0.3) is 0 Å². The number of benzene rings is 2. The fourth-order valence-corrected chi connectivity index (χ4v) is 4.15. The zero-order chi connectivity index (χ0) is 20.9. The number of amides is 1. The number of thioether (sulfide) groups is 1. The summed E-state index contributed by atoms with van der Waals surface area (Å²) in [6, 6.07) is 17.0. The number of aryl methyl sites for hydroxylation is 2. The number of hydrogen-bond donors (Lipinski definition) is 0. The summed E-state index contributed by atoms with van der Waals surface area (Å²) >= 11 is 1.61. The number of carbonyl (C=O) groups excluding carboxylic acids is 1. The van der Waals surface area contributed by atoms with Crippen LogP contribution in [-0.2, 0) is 6.61 Å². The van der Waals surface area contributed by atoms with Gasteiger partial charge in [-0.2, -0.15) is 0 Å². The van der Waals surface area contributed by atoms with E-state index < -0.39 is 0 Å². The lowest BCUT2D eigenvalue weighted by Gasteiger charge is -2.28. The van der Waals surface area contributed by atoms with E-state index in [9.17, 15) is 4.79 Å². The van der Waals surface area contributed by atoms with Gasteiger partial charge in [-0.15, -0.1) is 0 Å². The molecule has 3 aromatic rings. The summed E-state index contributed by atoms with van der Waals surface area (Å²) in [5.41, 5.74) is 3.16. The van der Waals surface area contributed by atoms with Crippen molar-refractivity contribution >= 4 is 28.5 Å². The van der Waals surface area contributed by atoms with Crippen molar-refractivity contribution in [3.8, 4) is 5.75 Å². The smallest absolute Gasteiger partial charge is 0.259 e. The molecule has 2 heterocycles. The van der Waals surface area contributed by atoms with Crippen LogP contribution >= 0.6 is 11.8 Å². The Morgan fingerprint density at radius 1 is 1.20 bits per heavy atom. The van der Waals surface area contributed by atoms with Crippen molar-refractivity contribution < 1.29 is 14.1 Å². The summed E-state index contributed by atoms with van der Waals surface area (Å²) in [6.45, 7) is 4.75. The molecule has 154 valence electrons. The van der Waals surface area contributed by atoms with E-state index in [1.54, 1.807) is 22.7 Å². The van der Waals surface area contributed by atoms with Gasteiger partial charge in [0.05, 0.1) is 16.9 Å². The normalized spacial score (nSPS) is 15.4. The zero-order valence-corrected chi connectivity index (χ0v) is 17.8. The topological polar surface area (TPSA) is 67.9 Å². The molecule has 0 unspecified atom stereocenters. The van der Waals surface area contributed by atoms with E-state index in [4.69, 9.17) is 14.3 Å². The summed E-state index contributed by atoms with van der Waals surface area (Å²) in [7, 11) is 0. The summed E-state index contributed by atoms with van der Waals surface area (Å²) in [6.07, 6.45) is 0.937. The number of ether oxygens (including phenoxy) is 1. The molecule has 30 heavy (non-hydrogen) atoms. The van der Waals surface area contributed by atoms with E-state index in [2.05, 4.69) is 5.16 Å². The van der Waals surface area contributed by atoms with Gasteiger partial charge >= 0.3 is 0 Å². The molecule has 6 nitrogen and oxygen atoms in total. The van der Waals surface area contributed by atoms with E-state index in [1.807, 2.05) is 62.4 Å². The molecule has 0 atom stereocenters. The maximum Gasteiger partial charge on any atom is 0.259 e. The van der Waals surface area contributed by atoms with E-state index in [1.165, 1.54) is 0 Å². The van der Waals surface area contributed by atoms with E-state index in [0.29, 0.717) is 24.5 Å². The SMILES string of the molecule is Cc1noc(C)c1COc1cccc(C(=O)N2CCCSC2=Nc2ccccc2)c1. The van der Waals surface area contributed by atoms with Gasteiger partial charge < -0.3 is 9.26 Å². The van der Waals surface area contributed by atoms with Crippen molar-refractivity contribution in [2.24, 2.45) is 4.99 Å². The van der Waals surface area contributed by atoms with Crippen LogP contribution in [0.3, 0.4) is 0 Å². The fourth-order valence-electron chi connectivity index (χ4n) is 3.19. The second-order valence-corrected chi connectivity index (χ2v) is 8.07. The van der Waals surface area contributed by atoms with Gasteiger partial charge in [0.15, 0.2) is 5.17 Å². The van der Waals surface area contributed by atoms with Gasteiger partial charge in [-0.3, -0.25) is 9.69 Å². The van der Waals surface area contributed by atoms with Gasteiger partial charge in [-0.25, -0.2) is 4.99 Å². The van der Waals surface area contributed by atoms with Gasteiger partial charge in [-0.1, -0.05) is 41.2 Å². The monoisotopic (exact) mass is 421 g/mol. The largest absolute Gasteiger partial charge is 0.489 e. The number of aromatic nitrogens is 1. The van der Waals surface area contributed by atoms with Gasteiger partial charge in [-0.05, 0) is 50.6 Å². The number of amidine groups is 1. The highest BCUT2D eigenvalue weighted by Crippen LogP contribution is 2.25. The Bertz CT molecular complexity index is 1040. The summed E-state index contributed by atoms with van der Waals surface area (Å²) < 4.78 is 11.1. The molecule has 0 N–H and O–H groups in total. The number of carbonyl (C=O) groups is 1. The third kappa shape index (κ3) is 4.57. The Morgan fingerprint density at radius 3 is 2.80 bits per heavy atom. The third-order valence-corrected chi connectivity index (χ3v) is 5.92. The lowest BCUT2D eigenvalue weighted by molar-refractivity contribution is 0.0848. The maximum atomic E-state index is 13.2. The highest BCUT2D eigenvalue weighted by atomic mass is 32.2. The average Bonchev–Trinajstić information content (AvgIpc) is 3.10. The van der Waals surface area contributed by atoms with E-state index >= 15 is 0 Å². The van der Waals surface area contributed by atoms with Crippen molar-refractivity contribution in [3.05, 3.63) is 77.2 Å². The summed E-state index contributed by atoms with van der Waals surface area (Å²) in [5.74, 6) is 2.26. The molecule has 2 aromatic carbocycles. The van der Waals surface area contributed by atoms with Crippen LogP contribution in [0.15, 0.2) is 64.1 Å². The first-order valence-electron chi connectivity index (χ1n) is 9.85. The van der Waals surface area contributed by atoms with Crippen LogP contribution < -0.4 is 4.74 Å². The Balaban J connectivity index is 1.52. The van der Waals surface area contributed by atoms with E-state index in [-0.39, 0.29) is 5.91 Å². The van der Waals surface area contributed by atoms with Crippen molar-refractivity contribution in [1.82, 2.24) is 10.1 Å². The molecule has 1 saturated heterocycles. The molecule has 1 aliphatic rings. The molecule has 0 spiro atoms. The number of para-hydroxylation sites is 1. The van der Waals surface area contributed by atoms with Crippen LogP contribution in [0.1, 0.15) is 33.8 Å². The second kappa shape index (κ2) is 9.17. The second-order valence-electron chi connectivity index (χ2n) is 7.01. The van der Waals surface area contributed by atoms with Gasteiger partial charge in [0.1, 0.15) is 18.1 Å². The van der Waals surface area contributed by atoms with Crippen molar-refractivity contribution in [2.45, 2.75) is 26.9 Å². The average molecular weight is 422 g/mol. The predicted octanol–water partition coefficient (Wildman–Crippen LogP) is 5.14. The molecule has 0 radical (unpaired) electrons. The highest BCUT2D eigenvalue weighted by Gasteiger charge is 2.25. The first-order valence-corrected chi connectivity index (χ1v) is 10.8. The Morgan fingerprint density at radius 2 is 2.03 bits per heavy atom. The minimum atomic E-state index is -0.0697. The highest BCUT2D eigenvalue weighted by molar-refractivity contribution is 8.13. The standard InChI is InChI=1S/C23H23N3O3S/c1-16-21(17(2)29-25-16)15-28-20-11-6-8-18(14-20)22(27)26-12-7-13-30-23(26)24-19-9-4-3-5-10-19/h3-6,8-11,14H,7,12-13,15H2,1-2H3. The number of nitrogens with zero attached hydrogens (tertiary/aromatic N) is 3. The molecule has 7 heteroatoms. The molecular formula is C23H23N3O3S. The number of hydrogen-bond acceptors (Lipinski definition) is 6. The van der Waals surface area contributed by atoms with Crippen LogP contribution in [0.2, 0.25) is 0 Å². The van der Waals surface area contributed by atoms with E-state index in [0.717, 1.165) is 40.0 Å². The Kier molecular flexibility index (Phi) is 6.18. The molecule has 1 amide bonds. The minimum absolute atomic E-state index is 0.0697. The van der Waals surface area contributed by atoms with Crippen LogP contribution in [-0.4, -0.2) is 33.4 Å². The third-order valence-electron chi connectivity index (χ3n) is 4.86. The molecule has 0 aliphatic carbocycles. The maximum absolute atomic E-state index is 13.2. The Labute approximate surface area is 179 Å². The first-order chi connectivity index (χ1) is 14.6. The van der Waals surface area contributed by atoms with Crippen LogP contribution in [0.5, 0.6) is 5.75 Å². The quantitative estimate of drug-likeness (QED) is 0.571. The van der Waals surface area contributed by atoms with Crippen molar-refractivity contribution in [2.75, 3.05) is 12.3 Å². The van der Waals surface area contributed by atoms with Gasteiger partial charge in [0.25, 0.3) is 5.91 Å². The van der Waals surface area contributed by atoms with Gasteiger partial charge in [0, 0.05) is 17.9 Å². The summed E-state index contributed by atoms with van der Waals surface area (Å²) in [5, 5.41) is 4.68. The number of aliphatic imine (C=N–C) groups is 1. The molecule has 1 aromatic heterocycles. The fraction of sp³-hybridized carbons (Fsp3) is 0.261. The van der Waals surface area contributed by atoms with Crippen LogP contribution in [0, 0.1) is 13.8 Å². The molecule has 4 rings (SSSR count). The van der Waals surface area contributed by atoms with Gasteiger partial charge in [0.2, 0.25) is 0 Å².